The second-order valence-corrected chi connectivity index (χ2v) is 6.09. The highest BCUT2D eigenvalue weighted by atomic mass is 127. The molecule has 0 fully saturated rings. The summed E-state index contributed by atoms with van der Waals surface area (Å²) in [5, 5.41) is 7.67. The van der Waals surface area contributed by atoms with Crippen LogP contribution in [-0.2, 0) is 11.2 Å². The van der Waals surface area contributed by atoms with Crippen LogP contribution in [0.25, 0.3) is 0 Å². The van der Waals surface area contributed by atoms with Crippen LogP contribution in [0.5, 0.6) is 0 Å². The van der Waals surface area contributed by atoms with Gasteiger partial charge >= 0.3 is 0 Å². The Morgan fingerprint density at radius 1 is 1.25 bits per heavy atom. The molecule has 0 spiro atoms. The van der Waals surface area contributed by atoms with E-state index < -0.39 is 0 Å². The van der Waals surface area contributed by atoms with Crippen LogP contribution in [0.1, 0.15) is 18.9 Å². The van der Waals surface area contributed by atoms with Crippen molar-refractivity contribution < 1.29 is 4.79 Å². The van der Waals surface area contributed by atoms with E-state index >= 15 is 0 Å². The van der Waals surface area contributed by atoms with Crippen molar-refractivity contribution in [2.45, 2.75) is 19.8 Å². The van der Waals surface area contributed by atoms with E-state index in [1.165, 1.54) is 4.90 Å². The Balaban J connectivity index is 0.00000529. The van der Waals surface area contributed by atoms with E-state index in [1.54, 1.807) is 20.2 Å². The van der Waals surface area contributed by atoms with Gasteiger partial charge < -0.3 is 15.5 Å². The van der Waals surface area contributed by atoms with Crippen LogP contribution in [0.3, 0.4) is 0 Å². The lowest BCUT2D eigenvalue weighted by Crippen LogP contribution is -2.39. The van der Waals surface area contributed by atoms with Gasteiger partial charge in [-0.1, -0.05) is 29.3 Å². The molecule has 0 atom stereocenters. The highest BCUT2D eigenvalue weighted by molar-refractivity contribution is 14.0. The first kappa shape index (κ1) is 23.3. The molecule has 1 aromatic rings. The first-order valence-electron chi connectivity index (χ1n) is 7.60. The Kier molecular flexibility index (Phi) is 12.2. The molecule has 5 nitrogen and oxygen atoms in total. The van der Waals surface area contributed by atoms with Gasteiger partial charge in [0, 0.05) is 37.2 Å². The van der Waals surface area contributed by atoms with Crippen molar-refractivity contribution in [3.8, 4) is 0 Å². The van der Waals surface area contributed by atoms with Crippen LogP contribution in [0, 0.1) is 0 Å². The number of hydrogen-bond acceptors (Lipinski definition) is 2. The third-order valence-electron chi connectivity index (χ3n) is 3.15. The summed E-state index contributed by atoms with van der Waals surface area (Å²) in [7, 11) is 3.43. The summed E-state index contributed by atoms with van der Waals surface area (Å²) in [6.07, 6.45) is 1.74. The van der Waals surface area contributed by atoms with Crippen molar-refractivity contribution in [2.75, 3.05) is 33.7 Å². The Morgan fingerprint density at radius 2 is 1.96 bits per heavy atom. The van der Waals surface area contributed by atoms with Crippen molar-refractivity contribution in [1.82, 2.24) is 15.5 Å². The summed E-state index contributed by atoms with van der Waals surface area (Å²) < 4.78 is 0. The molecule has 1 rings (SSSR count). The summed E-state index contributed by atoms with van der Waals surface area (Å²) in [4.78, 5) is 17.4. The normalized spacial score (nSPS) is 10.8. The minimum absolute atomic E-state index is 0. The zero-order valence-electron chi connectivity index (χ0n) is 14.2. The number of halogens is 3. The number of carbonyl (C=O) groups is 1. The number of carbonyl (C=O) groups excluding carboxylic acids is 1. The molecule has 0 aliphatic carbocycles. The molecule has 0 bridgehead atoms. The SMILES string of the molecule is CCNC(=NCC(=O)N(C)C)NCCCc1ccc(Cl)cc1Cl.I. The highest BCUT2D eigenvalue weighted by Crippen LogP contribution is 2.21. The largest absolute Gasteiger partial charge is 0.357 e. The number of benzene rings is 1. The van der Waals surface area contributed by atoms with Crippen LogP contribution < -0.4 is 10.6 Å². The molecule has 0 unspecified atom stereocenters. The predicted octanol–water partition coefficient (Wildman–Crippen LogP) is 3.19. The van der Waals surface area contributed by atoms with Gasteiger partial charge in [-0.05, 0) is 37.5 Å². The van der Waals surface area contributed by atoms with Crippen molar-refractivity contribution in [3.63, 3.8) is 0 Å². The lowest BCUT2D eigenvalue weighted by Gasteiger charge is -2.13. The predicted molar refractivity (Wildman–Crippen MR) is 113 cm³/mol. The molecule has 0 saturated carbocycles. The zero-order valence-corrected chi connectivity index (χ0v) is 18.1. The maximum atomic E-state index is 11.6. The van der Waals surface area contributed by atoms with Gasteiger partial charge in [-0.15, -0.1) is 24.0 Å². The van der Waals surface area contributed by atoms with Gasteiger partial charge in [-0.3, -0.25) is 4.79 Å². The quantitative estimate of drug-likeness (QED) is 0.269. The number of guanidine groups is 1. The fraction of sp³-hybridized carbons (Fsp3) is 0.500. The van der Waals surface area contributed by atoms with E-state index in [1.807, 2.05) is 19.1 Å². The van der Waals surface area contributed by atoms with Crippen LogP contribution in [-0.4, -0.2) is 50.5 Å². The second kappa shape index (κ2) is 12.6. The first-order valence-corrected chi connectivity index (χ1v) is 8.36. The van der Waals surface area contributed by atoms with Gasteiger partial charge in [-0.2, -0.15) is 0 Å². The third-order valence-corrected chi connectivity index (χ3v) is 3.73. The molecule has 0 radical (unpaired) electrons. The number of nitrogens with one attached hydrogen (secondary N) is 2. The number of likely N-dealkylation sites (N-methyl/N-ethyl adjacent to an activating group) is 1. The van der Waals surface area contributed by atoms with Crippen molar-refractivity contribution in [2.24, 2.45) is 4.99 Å². The summed E-state index contributed by atoms with van der Waals surface area (Å²) in [5.41, 5.74) is 1.07. The molecule has 0 saturated heterocycles. The number of nitrogens with zero attached hydrogens (tertiary/aromatic N) is 2. The van der Waals surface area contributed by atoms with E-state index in [0.29, 0.717) is 16.0 Å². The summed E-state index contributed by atoms with van der Waals surface area (Å²) in [6.45, 7) is 3.59. The molecular formula is C16H25Cl2IN4O. The number of aliphatic imine (C=N–C) groups is 1. The van der Waals surface area contributed by atoms with E-state index in [0.717, 1.165) is 31.5 Å². The summed E-state index contributed by atoms with van der Waals surface area (Å²) in [6, 6.07) is 5.54. The number of aryl methyl sites for hydroxylation is 1. The Morgan fingerprint density at radius 3 is 2.54 bits per heavy atom. The molecular weight excluding hydrogens is 462 g/mol. The topological polar surface area (TPSA) is 56.7 Å². The van der Waals surface area contributed by atoms with Gasteiger partial charge in [0.25, 0.3) is 0 Å². The molecule has 0 aromatic heterocycles. The third kappa shape index (κ3) is 8.94. The maximum Gasteiger partial charge on any atom is 0.243 e. The Labute approximate surface area is 171 Å². The molecule has 1 aromatic carbocycles. The number of amides is 1. The fourth-order valence-corrected chi connectivity index (χ4v) is 2.34. The minimum Gasteiger partial charge on any atom is -0.357 e. The average molecular weight is 487 g/mol. The number of hydrogen-bond donors (Lipinski definition) is 2. The summed E-state index contributed by atoms with van der Waals surface area (Å²) in [5.74, 6) is 0.611. The Bertz CT molecular complexity index is 553. The zero-order chi connectivity index (χ0) is 17.2. The fourth-order valence-electron chi connectivity index (χ4n) is 1.84. The lowest BCUT2D eigenvalue weighted by molar-refractivity contribution is -0.127. The highest BCUT2D eigenvalue weighted by Gasteiger charge is 2.04. The average Bonchev–Trinajstić information content (AvgIpc) is 2.50. The summed E-state index contributed by atoms with van der Waals surface area (Å²) >= 11 is 12.0. The van der Waals surface area contributed by atoms with Crippen LogP contribution in [0.15, 0.2) is 23.2 Å². The van der Waals surface area contributed by atoms with Gasteiger partial charge in [0.1, 0.15) is 6.54 Å². The van der Waals surface area contributed by atoms with E-state index in [4.69, 9.17) is 23.2 Å². The van der Waals surface area contributed by atoms with Crippen LogP contribution in [0.2, 0.25) is 10.0 Å². The molecule has 24 heavy (non-hydrogen) atoms. The molecule has 8 heteroatoms. The second-order valence-electron chi connectivity index (χ2n) is 5.25. The lowest BCUT2D eigenvalue weighted by atomic mass is 10.1. The molecule has 136 valence electrons. The van der Waals surface area contributed by atoms with Gasteiger partial charge in [-0.25, -0.2) is 4.99 Å². The standard InChI is InChI=1S/C16H24Cl2N4O.HI/c1-4-19-16(21-11-15(23)22(2)3)20-9-5-6-12-7-8-13(17)10-14(12)18;/h7-8,10H,4-6,9,11H2,1-3H3,(H2,19,20,21);1H. The first-order chi connectivity index (χ1) is 10.9. The van der Waals surface area contributed by atoms with E-state index in [9.17, 15) is 4.79 Å². The molecule has 0 heterocycles. The Hall–Kier alpha value is -0.730. The monoisotopic (exact) mass is 486 g/mol. The maximum absolute atomic E-state index is 11.6. The van der Waals surface area contributed by atoms with E-state index in [2.05, 4.69) is 15.6 Å². The van der Waals surface area contributed by atoms with Gasteiger partial charge in [0.2, 0.25) is 5.91 Å². The molecule has 0 aliphatic heterocycles. The van der Waals surface area contributed by atoms with Crippen molar-refractivity contribution >= 4 is 59.0 Å². The van der Waals surface area contributed by atoms with Crippen LogP contribution >= 0.6 is 47.2 Å². The van der Waals surface area contributed by atoms with Gasteiger partial charge in [0.05, 0.1) is 0 Å². The molecule has 2 N–H and O–H groups in total. The number of rotatable bonds is 7. The minimum atomic E-state index is -0.0323. The van der Waals surface area contributed by atoms with Crippen molar-refractivity contribution in [1.29, 1.82) is 0 Å². The van der Waals surface area contributed by atoms with Crippen LogP contribution in [0.4, 0.5) is 0 Å². The van der Waals surface area contributed by atoms with Gasteiger partial charge in [0.15, 0.2) is 5.96 Å². The van der Waals surface area contributed by atoms with Crippen molar-refractivity contribution in [3.05, 3.63) is 33.8 Å². The van der Waals surface area contributed by atoms with E-state index in [-0.39, 0.29) is 36.4 Å². The molecule has 0 aliphatic rings. The molecule has 1 amide bonds. The smallest absolute Gasteiger partial charge is 0.243 e.